The second-order valence-corrected chi connectivity index (χ2v) is 10.6. The van der Waals surface area contributed by atoms with Crippen molar-refractivity contribution in [1.29, 1.82) is 0 Å². The van der Waals surface area contributed by atoms with Crippen LogP contribution < -0.4 is 9.62 Å². The molecule has 3 aromatic carbocycles. The van der Waals surface area contributed by atoms with Gasteiger partial charge in [0.1, 0.15) is 0 Å². The smallest absolute Gasteiger partial charge is 0.251 e. The third-order valence-corrected chi connectivity index (χ3v) is 7.24. The largest absolute Gasteiger partial charge is 0.348 e. The second kappa shape index (κ2) is 10.9. The summed E-state index contributed by atoms with van der Waals surface area (Å²) in [4.78, 5) is 12.8. The number of nitrogens with zero attached hydrogens (tertiary/aromatic N) is 1. The van der Waals surface area contributed by atoms with Crippen LogP contribution in [0.3, 0.4) is 0 Å². The van der Waals surface area contributed by atoms with E-state index in [-0.39, 0.29) is 12.5 Å². The summed E-state index contributed by atoms with van der Waals surface area (Å²) in [5, 5.41) is 3.02. The fourth-order valence-corrected chi connectivity index (χ4v) is 5.18. The van der Waals surface area contributed by atoms with Crippen LogP contribution >= 0.6 is 0 Å². The van der Waals surface area contributed by atoms with Gasteiger partial charge in [-0.3, -0.25) is 9.10 Å². The zero-order valence-corrected chi connectivity index (χ0v) is 21.5. The van der Waals surface area contributed by atoms with E-state index < -0.39 is 10.0 Å². The summed E-state index contributed by atoms with van der Waals surface area (Å²) in [6, 6.07) is 19.3. The van der Waals surface area contributed by atoms with Crippen LogP contribution in [-0.4, -0.2) is 20.6 Å². The van der Waals surface area contributed by atoms with Crippen molar-refractivity contribution >= 4 is 21.6 Å². The molecule has 0 fully saturated rings. The normalized spacial score (nSPS) is 11.3. The first-order chi connectivity index (χ1) is 16.1. The lowest BCUT2D eigenvalue weighted by atomic mass is 10.0. The van der Waals surface area contributed by atoms with Gasteiger partial charge < -0.3 is 5.32 Å². The van der Waals surface area contributed by atoms with Gasteiger partial charge in [0.15, 0.2) is 0 Å². The van der Waals surface area contributed by atoms with Gasteiger partial charge in [-0.1, -0.05) is 62.4 Å². The molecule has 0 bridgehead atoms. The molecule has 0 aromatic heterocycles. The monoisotopic (exact) mass is 478 g/mol. The van der Waals surface area contributed by atoms with E-state index >= 15 is 0 Å². The zero-order chi connectivity index (χ0) is 24.9. The van der Waals surface area contributed by atoms with E-state index in [1.54, 1.807) is 12.1 Å². The van der Waals surface area contributed by atoms with E-state index in [9.17, 15) is 13.2 Å². The lowest BCUT2D eigenvalue weighted by Crippen LogP contribution is -2.30. The summed E-state index contributed by atoms with van der Waals surface area (Å²) in [6.07, 6.45) is 3.10. The van der Waals surface area contributed by atoms with Crippen molar-refractivity contribution < 1.29 is 13.2 Å². The van der Waals surface area contributed by atoms with Crippen LogP contribution in [0, 0.1) is 13.8 Å². The topological polar surface area (TPSA) is 66.5 Å². The highest BCUT2D eigenvalue weighted by atomic mass is 32.2. The zero-order valence-electron chi connectivity index (χ0n) is 20.7. The van der Waals surface area contributed by atoms with E-state index in [1.165, 1.54) is 21.7 Å². The summed E-state index contributed by atoms with van der Waals surface area (Å²) < 4.78 is 26.6. The highest BCUT2D eigenvalue weighted by Gasteiger charge is 2.21. The van der Waals surface area contributed by atoms with Crippen molar-refractivity contribution in [3.63, 3.8) is 0 Å². The summed E-state index contributed by atoms with van der Waals surface area (Å²) in [6.45, 7) is 8.74. The molecule has 3 rings (SSSR count). The molecule has 0 aliphatic heterocycles. The minimum absolute atomic E-state index is 0.148. The number of benzene rings is 3. The molecule has 34 heavy (non-hydrogen) atoms. The fraction of sp³-hybridized carbons (Fsp3) is 0.321. The Labute approximate surface area is 203 Å². The minimum Gasteiger partial charge on any atom is -0.348 e. The first-order valence-corrected chi connectivity index (χ1v) is 13.5. The van der Waals surface area contributed by atoms with Crippen molar-refractivity contribution in [1.82, 2.24) is 5.32 Å². The molecular formula is C28H34N2O3S. The molecule has 0 saturated heterocycles. The number of carbonyl (C=O) groups is 1. The van der Waals surface area contributed by atoms with Crippen LogP contribution in [0.15, 0.2) is 60.7 Å². The van der Waals surface area contributed by atoms with Crippen LogP contribution in [0.1, 0.15) is 57.6 Å². The predicted octanol–water partition coefficient (Wildman–Crippen LogP) is 5.32. The van der Waals surface area contributed by atoms with Gasteiger partial charge in [-0.25, -0.2) is 8.42 Å². The minimum atomic E-state index is -3.49. The Kier molecular flexibility index (Phi) is 8.15. The maximum absolute atomic E-state index is 12.8. The molecule has 1 N–H and O–H groups in total. The van der Waals surface area contributed by atoms with Crippen LogP contribution in [0.4, 0.5) is 5.69 Å². The maximum atomic E-state index is 12.8. The molecule has 5 nitrogen and oxygen atoms in total. The summed E-state index contributed by atoms with van der Waals surface area (Å²) in [5.41, 5.74) is 7.50. The average molecular weight is 479 g/mol. The molecule has 180 valence electrons. The number of carbonyl (C=O) groups excluding carboxylic acids is 1. The Hall–Kier alpha value is -3.12. The second-order valence-electron chi connectivity index (χ2n) is 8.70. The van der Waals surface area contributed by atoms with Crippen molar-refractivity contribution in [3.8, 4) is 0 Å². The third-order valence-electron chi connectivity index (χ3n) is 6.13. The molecule has 6 heteroatoms. The lowest BCUT2D eigenvalue weighted by Gasteiger charge is -2.26. The van der Waals surface area contributed by atoms with E-state index in [1.807, 2.05) is 44.2 Å². The van der Waals surface area contributed by atoms with Gasteiger partial charge >= 0.3 is 0 Å². The molecule has 0 aliphatic carbocycles. The molecule has 0 heterocycles. The Balaban J connectivity index is 1.75. The van der Waals surface area contributed by atoms with Gasteiger partial charge in [-0.2, -0.15) is 0 Å². The van der Waals surface area contributed by atoms with Crippen LogP contribution in [-0.2, 0) is 36.0 Å². The molecule has 0 radical (unpaired) electrons. The first-order valence-electron chi connectivity index (χ1n) is 11.7. The molecular weight excluding hydrogens is 444 g/mol. The lowest BCUT2D eigenvalue weighted by molar-refractivity contribution is 0.0951. The molecule has 0 atom stereocenters. The van der Waals surface area contributed by atoms with E-state index in [4.69, 9.17) is 0 Å². The molecule has 0 aliphatic rings. The van der Waals surface area contributed by atoms with Gasteiger partial charge in [0.05, 0.1) is 18.5 Å². The maximum Gasteiger partial charge on any atom is 0.251 e. The van der Waals surface area contributed by atoms with Crippen molar-refractivity contribution in [2.75, 3.05) is 10.6 Å². The molecule has 0 unspecified atom stereocenters. The highest BCUT2D eigenvalue weighted by molar-refractivity contribution is 7.92. The van der Waals surface area contributed by atoms with Gasteiger partial charge in [0, 0.05) is 12.1 Å². The van der Waals surface area contributed by atoms with Crippen LogP contribution in [0.5, 0.6) is 0 Å². The molecule has 0 saturated carbocycles. The number of para-hydroxylation sites is 1. The Morgan fingerprint density at radius 2 is 1.47 bits per heavy atom. The summed E-state index contributed by atoms with van der Waals surface area (Å²) in [7, 11) is -3.49. The quantitative estimate of drug-likeness (QED) is 0.452. The fourth-order valence-electron chi connectivity index (χ4n) is 4.17. The number of rotatable bonds is 9. The van der Waals surface area contributed by atoms with Gasteiger partial charge in [0.25, 0.3) is 5.91 Å². The first kappa shape index (κ1) is 25.5. The predicted molar refractivity (Wildman–Crippen MR) is 140 cm³/mol. The number of nitrogens with one attached hydrogen (secondary N) is 1. The Bertz CT molecular complexity index is 1250. The molecule has 1 amide bonds. The number of aryl methyl sites for hydroxylation is 4. The average Bonchev–Trinajstić information content (AvgIpc) is 2.81. The molecule has 0 spiro atoms. The summed E-state index contributed by atoms with van der Waals surface area (Å²) in [5.74, 6) is -0.148. The number of anilines is 1. The number of hydrogen-bond acceptors (Lipinski definition) is 3. The standard InChI is InChI=1S/C28H34N2O3S/c1-6-22-11-14-24(7-2)26(17-22)18-29-28(31)25-15-12-23(13-16-25)19-30(34(5,32)33)27-20(3)9-8-10-21(27)4/h8-17H,6-7,18-19H2,1-5H3,(H,29,31). The highest BCUT2D eigenvalue weighted by Crippen LogP contribution is 2.28. The van der Waals surface area contributed by atoms with Crippen LogP contribution in [0.25, 0.3) is 0 Å². The molecule has 3 aromatic rings. The van der Waals surface area contributed by atoms with Crippen molar-refractivity contribution in [3.05, 3.63) is 99.6 Å². The number of hydrogen-bond donors (Lipinski definition) is 1. The third kappa shape index (κ3) is 6.06. The van der Waals surface area contributed by atoms with E-state index in [2.05, 4.69) is 37.4 Å². The van der Waals surface area contributed by atoms with Gasteiger partial charge in [0.2, 0.25) is 10.0 Å². The van der Waals surface area contributed by atoms with Gasteiger partial charge in [-0.15, -0.1) is 0 Å². The number of sulfonamides is 1. The van der Waals surface area contributed by atoms with Crippen molar-refractivity contribution in [2.45, 2.75) is 53.6 Å². The van der Waals surface area contributed by atoms with E-state index in [0.29, 0.717) is 17.8 Å². The number of amides is 1. The Morgan fingerprint density at radius 3 is 2.03 bits per heavy atom. The SMILES string of the molecule is CCc1ccc(CC)c(CNC(=O)c2ccc(CN(c3c(C)cccc3C)S(C)(=O)=O)cc2)c1. The Morgan fingerprint density at radius 1 is 0.853 bits per heavy atom. The summed E-state index contributed by atoms with van der Waals surface area (Å²) >= 11 is 0. The van der Waals surface area contributed by atoms with Crippen LogP contribution in [0.2, 0.25) is 0 Å². The van der Waals surface area contributed by atoms with Crippen molar-refractivity contribution in [2.24, 2.45) is 0 Å². The van der Waals surface area contributed by atoms with Gasteiger partial charge in [-0.05, 0) is 72.2 Å². The van der Waals surface area contributed by atoms with E-state index in [0.717, 1.165) is 35.1 Å².